The van der Waals surface area contributed by atoms with Crippen LogP contribution in [-0.4, -0.2) is 6.71 Å². The van der Waals surface area contributed by atoms with Crippen LogP contribution in [0.4, 0.5) is 11.4 Å². The Morgan fingerprint density at radius 3 is 1.86 bits per heavy atom. The van der Waals surface area contributed by atoms with Crippen molar-refractivity contribution >= 4 is 77.6 Å². The summed E-state index contributed by atoms with van der Waals surface area (Å²) in [6, 6.07) is 50.3. The predicted molar refractivity (Wildman–Crippen MR) is 374 cm³/mol. The number of anilines is 2. The van der Waals surface area contributed by atoms with Gasteiger partial charge in [-0.1, -0.05) is 240 Å². The van der Waals surface area contributed by atoms with Crippen LogP contribution in [0.3, 0.4) is 0 Å². The van der Waals surface area contributed by atoms with Crippen molar-refractivity contribution in [2.75, 3.05) is 4.90 Å². The molecule has 3 heterocycles. The van der Waals surface area contributed by atoms with E-state index in [0.717, 1.165) is 6.42 Å². The van der Waals surface area contributed by atoms with Gasteiger partial charge in [-0.3, -0.25) is 0 Å². The van der Waals surface area contributed by atoms with Crippen molar-refractivity contribution in [3.8, 4) is 0 Å². The number of benzene rings is 7. The first-order chi connectivity index (χ1) is 40.3. The van der Waals surface area contributed by atoms with Gasteiger partial charge in [0, 0.05) is 48.6 Å². The third kappa shape index (κ3) is 7.99. The van der Waals surface area contributed by atoms with Gasteiger partial charge in [0.1, 0.15) is 0 Å². The van der Waals surface area contributed by atoms with Gasteiger partial charge in [-0.05, 0) is 213 Å². The van der Waals surface area contributed by atoms with Crippen LogP contribution in [0, 0.1) is 5.41 Å². The molecule has 0 bridgehead atoms. The van der Waals surface area contributed by atoms with E-state index in [0.29, 0.717) is 0 Å². The molecule has 0 saturated heterocycles. The van der Waals surface area contributed by atoms with Crippen LogP contribution in [-0.2, 0) is 43.3 Å². The van der Waals surface area contributed by atoms with E-state index >= 15 is 0 Å². The van der Waals surface area contributed by atoms with E-state index in [1.165, 1.54) is 144 Å². The lowest BCUT2D eigenvalue weighted by Crippen LogP contribution is -2.60. The topological polar surface area (TPSA) is 3.24 Å². The van der Waals surface area contributed by atoms with Gasteiger partial charge in [-0.2, -0.15) is 0 Å². The van der Waals surface area contributed by atoms with Crippen molar-refractivity contribution in [3.63, 3.8) is 0 Å². The highest BCUT2D eigenvalue weighted by Crippen LogP contribution is 2.65. The van der Waals surface area contributed by atoms with E-state index in [-0.39, 0.29) is 61.4 Å². The van der Waals surface area contributed by atoms with Crippen LogP contribution in [0.25, 0.3) is 37.3 Å². The molecule has 0 N–H and O–H groups in total. The van der Waals surface area contributed by atoms with Crippen LogP contribution in [0.5, 0.6) is 0 Å². The standard InChI is InChI=1S/C83H94BNS/c1-75(2,3)52-30-28-49(29-31-52)57(40-50-24-23-26-56-55-25-19-20-27-69(55)86-73(50)56)51-41-58-60-48-82(17)34-21-22-35-83(82,18)66-43-53(76(4,5)6)44-67(70(60)66)84-71(58)68(42-51)85(54-32-33-61-63(45-54)78(9,10)37-36-77(61,7)8)74-72(84)59-46-64-65(47-62(59)81(74,15)16)80(13,14)39-38-79(64,11)12/h19-20,23-33,40-47,60H,21-22,34-39,48H2,1-18H3/b57-40-. The maximum Gasteiger partial charge on any atom is 0.247 e. The van der Waals surface area contributed by atoms with Crippen LogP contribution in [0.1, 0.15) is 266 Å². The molecule has 7 aliphatic rings. The summed E-state index contributed by atoms with van der Waals surface area (Å²) in [5.74, 6) is 0.245. The molecule has 1 fully saturated rings. The maximum absolute atomic E-state index is 2.91. The van der Waals surface area contributed by atoms with E-state index in [4.69, 9.17) is 0 Å². The van der Waals surface area contributed by atoms with E-state index in [9.17, 15) is 0 Å². The highest BCUT2D eigenvalue weighted by molar-refractivity contribution is 7.26. The second-order valence-corrected chi connectivity index (χ2v) is 35.3. The maximum atomic E-state index is 2.91. The summed E-state index contributed by atoms with van der Waals surface area (Å²) in [5.41, 5.74) is 31.1. The molecule has 8 aromatic rings. The Bertz CT molecular complexity index is 4300. The lowest BCUT2D eigenvalue weighted by molar-refractivity contribution is 0.0602. The molecule has 86 heavy (non-hydrogen) atoms. The molecule has 0 amide bonds. The molecule has 3 atom stereocenters. The van der Waals surface area contributed by atoms with Gasteiger partial charge in [-0.25, -0.2) is 0 Å². The van der Waals surface area contributed by atoms with Crippen molar-refractivity contribution in [2.45, 2.75) is 232 Å². The fraction of sp³-hybridized carbons (Fsp3) is 0.446. The van der Waals surface area contributed by atoms with Gasteiger partial charge in [-0.15, -0.1) is 11.3 Å². The van der Waals surface area contributed by atoms with Gasteiger partial charge in [0.15, 0.2) is 0 Å². The molecule has 1 nitrogen and oxygen atoms in total. The summed E-state index contributed by atoms with van der Waals surface area (Å²) in [6.45, 7) is 45.4. The minimum absolute atomic E-state index is 0.0276. The van der Waals surface area contributed by atoms with Crippen molar-refractivity contribution in [1.82, 2.24) is 0 Å². The van der Waals surface area contributed by atoms with Gasteiger partial charge >= 0.3 is 0 Å². The molecule has 440 valence electrons. The molecule has 2 aliphatic heterocycles. The molecule has 0 spiro atoms. The molecular formula is C83H94BNS. The van der Waals surface area contributed by atoms with Crippen LogP contribution in [0.15, 0.2) is 127 Å². The fourth-order valence-corrected chi connectivity index (χ4v) is 19.9. The van der Waals surface area contributed by atoms with Crippen LogP contribution in [0.2, 0.25) is 0 Å². The first-order valence-corrected chi connectivity index (χ1v) is 34.1. The molecule has 15 rings (SSSR count). The Balaban J connectivity index is 1.11. The zero-order valence-electron chi connectivity index (χ0n) is 55.5. The first kappa shape index (κ1) is 56.6. The third-order valence-electron chi connectivity index (χ3n) is 24.6. The molecule has 5 aliphatic carbocycles. The molecule has 0 radical (unpaired) electrons. The number of allylic oxidation sites excluding steroid dienone is 1. The molecular weight excluding hydrogens is 1050 g/mol. The van der Waals surface area contributed by atoms with Crippen molar-refractivity contribution in [2.24, 2.45) is 5.41 Å². The summed E-state index contributed by atoms with van der Waals surface area (Å²) < 4.78 is 2.70. The van der Waals surface area contributed by atoms with E-state index in [1.54, 1.807) is 44.2 Å². The average molecular weight is 1150 g/mol. The third-order valence-corrected chi connectivity index (χ3v) is 25.8. The molecule has 3 heteroatoms. The average Bonchev–Trinajstić information content (AvgIpc) is 1.22. The Morgan fingerprint density at radius 1 is 0.547 bits per heavy atom. The summed E-state index contributed by atoms with van der Waals surface area (Å²) in [5, 5.41) is 2.69. The number of thiophene rings is 1. The van der Waals surface area contributed by atoms with Gasteiger partial charge < -0.3 is 4.90 Å². The van der Waals surface area contributed by atoms with E-state index in [1.807, 2.05) is 11.3 Å². The van der Waals surface area contributed by atoms with Gasteiger partial charge in [0.2, 0.25) is 6.71 Å². The monoisotopic (exact) mass is 1150 g/mol. The van der Waals surface area contributed by atoms with Crippen molar-refractivity contribution in [3.05, 3.63) is 205 Å². The van der Waals surface area contributed by atoms with Crippen LogP contribution < -0.4 is 15.8 Å². The number of fused-ring (bicyclic) bond motifs is 12. The molecule has 1 aromatic heterocycles. The number of hydrogen-bond acceptors (Lipinski definition) is 2. The van der Waals surface area contributed by atoms with Gasteiger partial charge in [0.05, 0.1) is 0 Å². The first-order valence-electron chi connectivity index (χ1n) is 33.3. The smallest absolute Gasteiger partial charge is 0.247 e. The summed E-state index contributed by atoms with van der Waals surface area (Å²) >= 11 is 1.95. The lowest BCUT2D eigenvalue weighted by atomic mass is 9.28. The predicted octanol–water partition coefficient (Wildman–Crippen LogP) is 21.6. The fourth-order valence-electron chi connectivity index (χ4n) is 18.7. The highest BCUT2D eigenvalue weighted by Gasteiger charge is 2.59. The normalized spacial score (nSPS) is 24.4. The SMILES string of the molecule is CC(C)(C)c1ccc(/C(=C/c2cccc3c2sc2ccccc23)c2cc3c4c(c2)N(c2ccc5c(c2)C(C)(C)CCC5(C)C)C2=C(B4c4cc(C(C)(C)C)cc5c4C3CC3(C)CCCCC53C)c3cc4c(cc3C2(C)C)C(C)(C)CCC4(C)C)cc1. The van der Waals surface area contributed by atoms with E-state index in [2.05, 4.69) is 257 Å². The van der Waals surface area contributed by atoms with Gasteiger partial charge in [0.25, 0.3) is 0 Å². The lowest BCUT2D eigenvalue weighted by Gasteiger charge is -2.59. The number of hydrogen-bond donors (Lipinski definition) is 0. The molecule has 7 aromatic carbocycles. The second kappa shape index (κ2) is 18.1. The van der Waals surface area contributed by atoms with Crippen molar-refractivity contribution < 1.29 is 0 Å². The summed E-state index contributed by atoms with van der Waals surface area (Å²) in [6.07, 6.45) is 13.6. The van der Waals surface area contributed by atoms with Crippen molar-refractivity contribution in [1.29, 1.82) is 0 Å². The number of rotatable bonds is 4. The minimum atomic E-state index is -0.333. The van der Waals surface area contributed by atoms with E-state index < -0.39 is 0 Å². The van der Waals surface area contributed by atoms with Crippen LogP contribution >= 0.6 is 11.3 Å². The Kier molecular flexibility index (Phi) is 11.9. The number of nitrogens with zero attached hydrogens (tertiary/aromatic N) is 1. The summed E-state index contributed by atoms with van der Waals surface area (Å²) in [7, 11) is 0. The Labute approximate surface area is 521 Å². The second-order valence-electron chi connectivity index (χ2n) is 34.2. The largest absolute Gasteiger partial charge is 0.314 e. The Hall–Kier alpha value is -5.90. The Morgan fingerprint density at radius 2 is 1.17 bits per heavy atom. The quantitative estimate of drug-likeness (QED) is 0.125. The molecule has 3 unspecified atom stereocenters. The zero-order valence-corrected chi connectivity index (χ0v) is 56.3. The summed E-state index contributed by atoms with van der Waals surface area (Å²) in [4.78, 5) is 2.91. The zero-order chi connectivity index (χ0) is 60.6. The highest BCUT2D eigenvalue weighted by atomic mass is 32.1. The molecule has 1 saturated carbocycles. The minimum Gasteiger partial charge on any atom is -0.314 e.